The summed E-state index contributed by atoms with van der Waals surface area (Å²) in [5.41, 5.74) is 3.26. The van der Waals surface area contributed by atoms with Crippen molar-refractivity contribution in [3.63, 3.8) is 0 Å². The molecule has 2 rings (SSSR count). The molecular formula is C11H14ClN3. The summed E-state index contributed by atoms with van der Waals surface area (Å²) in [5, 5.41) is 4.79. The molecule has 0 atom stereocenters. The molecule has 2 heterocycles. The largest absolute Gasteiger partial charge is 0.215 e. The lowest BCUT2D eigenvalue weighted by molar-refractivity contribution is 0.827. The van der Waals surface area contributed by atoms with Crippen LogP contribution in [0.3, 0.4) is 0 Å². The van der Waals surface area contributed by atoms with E-state index >= 15 is 0 Å². The number of rotatable bonds is 2. The monoisotopic (exact) mass is 223 g/mol. The second kappa shape index (κ2) is 3.81. The third-order valence-corrected chi connectivity index (χ3v) is 3.01. The van der Waals surface area contributed by atoms with Crippen molar-refractivity contribution in [1.29, 1.82) is 0 Å². The number of nitrogens with zero attached hydrogens (tertiary/aromatic N) is 3. The highest BCUT2D eigenvalue weighted by molar-refractivity contribution is 6.30. The van der Waals surface area contributed by atoms with E-state index in [1.54, 1.807) is 4.52 Å². The summed E-state index contributed by atoms with van der Waals surface area (Å²) in [5.74, 6) is 0.458. The topological polar surface area (TPSA) is 30.2 Å². The van der Waals surface area contributed by atoms with Gasteiger partial charge >= 0.3 is 0 Å². The van der Waals surface area contributed by atoms with E-state index in [4.69, 9.17) is 11.6 Å². The molecule has 0 aliphatic carbocycles. The third-order valence-electron chi connectivity index (χ3n) is 2.62. The Morgan fingerprint density at radius 3 is 2.80 bits per heavy atom. The highest BCUT2D eigenvalue weighted by Gasteiger charge is 2.13. The predicted octanol–water partition coefficient (Wildman–Crippen LogP) is 3.07. The number of pyridine rings is 1. The highest BCUT2D eigenvalue weighted by Crippen LogP contribution is 2.27. The van der Waals surface area contributed by atoms with Crippen LogP contribution in [0.5, 0.6) is 0 Å². The lowest BCUT2D eigenvalue weighted by Crippen LogP contribution is -2.02. The lowest BCUT2D eigenvalue weighted by Gasteiger charge is -2.13. The lowest BCUT2D eigenvalue weighted by atomic mass is 9.98. The van der Waals surface area contributed by atoms with Crippen LogP contribution in [0.15, 0.2) is 12.4 Å². The second-order valence-electron chi connectivity index (χ2n) is 3.91. The molecule has 0 aromatic carbocycles. The zero-order valence-corrected chi connectivity index (χ0v) is 9.91. The summed E-state index contributed by atoms with van der Waals surface area (Å²) >= 11 is 6.29. The Morgan fingerprint density at radius 1 is 1.47 bits per heavy atom. The van der Waals surface area contributed by atoms with E-state index in [0.717, 1.165) is 12.1 Å². The Bertz CT molecular complexity index is 488. The first kappa shape index (κ1) is 10.4. The maximum atomic E-state index is 6.29. The maximum Gasteiger partial charge on any atom is 0.157 e. The number of aromatic nitrogens is 3. The zero-order chi connectivity index (χ0) is 11.0. The summed E-state index contributed by atoms with van der Waals surface area (Å²) in [6.45, 7) is 6.44. The molecule has 2 aromatic heterocycles. The van der Waals surface area contributed by atoms with Gasteiger partial charge in [-0.3, -0.25) is 0 Å². The Hall–Kier alpha value is -1.09. The molecule has 0 bridgehead atoms. The SMILES string of the molecule is CCc1c(C(C)C)cc2ncnn2c1Cl. The third kappa shape index (κ3) is 1.61. The Morgan fingerprint density at radius 2 is 2.20 bits per heavy atom. The van der Waals surface area contributed by atoms with Crippen molar-refractivity contribution in [2.75, 3.05) is 0 Å². The highest BCUT2D eigenvalue weighted by atomic mass is 35.5. The van der Waals surface area contributed by atoms with Gasteiger partial charge < -0.3 is 0 Å². The van der Waals surface area contributed by atoms with Gasteiger partial charge in [-0.15, -0.1) is 0 Å². The van der Waals surface area contributed by atoms with Gasteiger partial charge in [-0.25, -0.2) is 9.50 Å². The first-order valence-corrected chi connectivity index (χ1v) is 5.54. The fraction of sp³-hybridized carbons (Fsp3) is 0.455. The molecule has 0 N–H and O–H groups in total. The molecule has 0 aliphatic heterocycles. The normalized spacial score (nSPS) is 11.5. The van der Waals surface area contributed by atoms with E-state index in [2.05, 4.69) is 36.9 Å². The summed E-state index contributed by atoms with van der Waals surface area (Å²) in [4.78, 5) is 4.17. The average Bonchev–Trinajstić information content (AvgIpc) is 2.65. The minimum atomic E-state index is 0.458. The molecule has 2 aromatic rings. The summed E-state index contributed by atoms with van der Waals surface area (Å²) in [6.07, 6.45) is 2.45. The summed E-state index contributed by atoms with van der Waals surface area (Å²) < 4.78 is 1.69. The quantitative estimate of drug-likeness (QED) is 0.733. The van der Waals surface area contributed by atoms with Gasteiger partial charge in [-0.05, 0) is 29.5 Å². The van der Waals surface area contributed by atoms with Crippen LogP contribution in [0, 0.1) is 0 Å². The van der Waals surface area contributed by atoms with Gasteiger partial charge in [-0.2, -0.15) is 5.10 Å². The minimum absolute atomic E-state index is 0.458. The Labute approximate surface area is 94.1 Å². The fourth-order valence-electron chi connectivity index (χ4n) is 1.84. The second-order valence-corrected chi connectivity index (χ2v) is 4.27. The van der Waals surface area contributed by atoms with Gasteiger partial charge in [0.15, 0.2) is 5.65 Å². The molecule has 0 radical (unpaired) electrons. The Balaban J connectivity index is 2.78. The van der Waals surface area contributed by atoms with Crippen molar-refractivity contribution in [2.45, 2.75) is 33.1 Å². The van der Waals surface area contributed by atoms with Crippen LogP contribution in [0.25, 0.3) is 5.65 Å². The molecule has 0 unspecified atom stereocenters. The average molecular weight is 224 g/mol. The van der Waals surface area contributed by atoms with Crippen LogP contribution >= 0.6 is 11.6 Å². The molecule has 80 valence electrons. The molecule has 0 saturated heterocycles. The van der Waals surface area contributed by atoms with Crippen LogP contribution < -0.4 is 0 Å². The summed E-state index contributed by atoms with van der Waals surface area (Å²) in [7, 11) is 0. The molecule has 4 heteroatoms. The van der Waals surface area contributed by atoms with E-state index in [1.807, 2.05) is 0 Å². The van der Waals surface area contributed by atoms with Crippen molar-refractivity contribution in [2.24, 2.45) is 0 Å². The van der Waals surface area contributed by atoms with Crippen LogP contribution in [0.2, 0.25) is 5.15 Å². The van der Waals surface area contributed by atoms with Crippen LogP contribution in [-0.2, 0) is 6.42 Å². The van der Waals surface area contributed by atoms with E-state index in [9.17, 15) is 0 Å². The molecule has 3 nitrogen and oxygen atoms in total. The molecule has 0 spiro atoms. The van der Waals surface area contributed by atoms with E-state index in [1.165, 1.54) is 17.5 Å². The molecular weight excluding hydrogens is 210 g/mol. The van der Waals surface area contributed by atoms with Gasteiger partial charge in [0.05, 0.1) is 0 Å². The van der Waals surface area contributed by atoms with Gasteiger partial charge in [0.1, 0.15) is 11.5 Å². The predicted molar refractivity (Wildman–Crippen MR) is 61.5 cm³/mol. The summed E-state index contributed by atoms with van der Waals surface area (Å²) in [6, 6.07) is 2.07. The molecule has 0 saturated carbocycles. The zero-order valence-electron chi connectivity index (χ0n) is 9.16. The smallest absolute Gasteiger partial charge is 0.157 e. The number of fused-ring (bicyclic) bond motifs is 1. The van der Waals surface area contributed by atoms with Crippen molar-refractivity contribution >= 4 is 17.2 Å². The number of halogens is 1. The van der Waals surface area contributed by atoms with E-state index in [0.29, 0.717) is 11.1 Å². The van der Waals surface area contributed by atoms with Crippen LogP contribution in [0.1, 0.15) is 37.8 Å². The molecule has 0 amide bonds. The Kier molecular flexibility index (Phi) is 2.65. The van der Waals surface area contributed by atoms with Crippen molar-refractivity contribution in [3.8, 4) is 0 Å². The fourth-order valence-corrected chi connectivity index (χ4v) is 2.21. The van der Waals surface area contributed by atoms with Crippen molar-refractivity contribution in [1.82, 2.24) is 14.6 Å². The van der Waals surface area contributed by atoms with Gasteiger partial charge in [-0.1, -0.05) is 32.4 Å². The molecule has 0 fully saturated rings. The molecule has 0 aliphatic rings. The first-order valence-electron chi connectivity index (χ1n) is 5.16. The van der Waals surface area contributed by atoms with Crippen molar-refractivity contribution < 1.29 is 0 Å². The molecule has 15 heavy (non-hydrogen) atoms. The number of hydrogen-bond acceptors (Lipinski definition) is 2. The van der Waals surface area contributed by atoms with E-state index in [-0.39, 0.29) is 0 Å². The standard InChI is InChI=1S/C11H14ClN3/c1-4-8-9(7(2)3)5-10-13-6-14-15(10)11(8)12/h5-7H,4H2,1-3H3. The maximum absolute atomic E-state index is 6.29. The first-order chi connectivity index (χ1) is 7.15. The van der Waals surface area contributed by atoms with Gasteiger partial charge in [0, 0.05) is 0 Å². The van der Waals surface area contributed by atoms with Crippen LogP contribution in [0.4, 0.5) is 0 Å². The van der Waals surface area contributed by atoms with Gasteiger partial charge in [0.25, 0.3) is 0 Å². The van der Waals surface area contributed by atoms with Crippen molar-refractivity contribution in [3.05, 3.63) is 28.7 Å². The van der Waals surface area contributed by atoms with Gasteiger partial charge in [0.2, 0.25) is 0 Å². The van der Waals surface area contributed by atoms with Crippen LogP contribution in [-0.4, -0.2) is 14.6 Å². The number of hydrogen-bond donors (Lipinski definition) is 0. The minimum Gasteiger partial charge on any atom is -0.215 e. The van der Waals surface area contributed by atoms with E-state index < -0.39 is 0 Å².